The Labute approximate surface area is 169 Å². The van der Waals surface area contributed by atoms with Crippen molar-refractivity contribution in [1.82, 2.24) is 20.3 Å². The highest BCUT2D eigenvalue weighted by Gasteiger charge is 2.21. The van der Waals surface area contributed by atoms with Crippen LogP contribution in [0.4, 0.5) is 0 Å². The maximum atomic E-state index is 12.6. The Morgan fingerprint density at radius 1 is 1.14 bits per heavy atom. The number of H-pyrrole nitrogens is 1. The number of nitrogens with zero attached hydrogens (tertiary/aromatic N) is 2. The summed E-state index contributed by atoms with van der Waals surface area (Å²) in [7, 11) is 0. The van der Waals surface area contributed by atoms with Gasteiger partial charge in [0.15, 0.2) is 0 Å². The van der Waals surface area contributed by atoms with Gasteiger partial charge in [0.1, 0.15) is 5.82 Å². The third-order valence-corrected chi connectivity index (χ3v) is 5.47. The molecule has 2 heterocycles. The van der Waals surface area contributed by atoms with Gasteiger partial charge in [0.2, 0.25) is 0 Å². The van der Waals surface area contributed by atoms with Crippen LogP contribution in [0.15, 0.2) is 53.5 Å². The average molecular weight is 388 g/mol. The van der Waals surface area contributed by atoms with Crippen molar-refractivity contribution in [2.75, 3.05) is 6.54 Å². The molecule has 6 heteroatoms. The zero-order chi connectivity index (χ0) is 20.2. The molecule has 29 heavy (non-hydrogen) atoms. The lowest BCUT2D eigenvalue weighted by atomic mass is 9.99. The number of carbonyl (C=O) groups is 1. The van der Waals surface area contributed by atoms with Crippen LogP contribution in [-0.2, 0) is 12.8 Å². The SMILES string of the molecule is Cc1ccc(C(=O)NCC2CCc3nc(-c4ccccc4)[nH]c(=O)c3CC2)cn1. The molecule has 0 spiro atoms. The molecule has 4 rings (SSSR count). The number of rotatable bonds is 4. The second-order valence-corrected chi connectivity index (χ2v) is 7.55. The average Bonchev–Trinajstić information content (AvgIpc) is 2.96. The number of aromatic nitrogens is 3. The summed E-state index contributed by atoms with van der Waals surface area (Å²) in [5.41, 5.74) is 3.97. The fourth-order valence-electron chi connectivity index (χ4n) is 3.72. The number of aryl methyl sites for hydroxylation is 2. The number of hydrogen-bond donors (Lipinski definition) is 2. The molecule has 0 fully saturated rings. The maximum Gasteiger partial charge on any atom is 0.254 e. The van der Waals surface area contributed by atoms with E-state index in [1.807, 2.05) is 43.3 Å². The minimum Gasteiger partial charge on any atom is -0.352 e. The number of fused-ring (bicyclic) bond motifs is 1. The van der Waals surface area contributed by atoms with Gasteiger partial charge in [-0.2, -0.15) is 0 Å². The van der Waals surface area contributed by atoms with Crippen LogP contribution in [0.25, 0.3) is 11.4 Å². The van der Waals surface area contributed by atoms with Crippen LogP contribution in [0.3, 0.4) is 0 Å². The van der Waals surface area contributed by atoms with Crippen molar-refractivity contribution in [3.8, 4) is 11.4 Å². The molecule has 148 valence electrons. The molecule has 1 aromatic carbocycles. The predicted octanol–water partition coefficient (Wildman–Crippen LogP) is 3.07. The number of nitrogens with one attached hydrogen (secondary N) is 2. The second-order valence-electron chi connectivity index (χ2n) is 7.55. The van der Waals surface area contributed by atoms with E-state index < -0.39 is 0 Å². The minimum atomic E-state index is -0.110. The molecule has 0 saturated carbocycles. The van der Waals surface area contributed by atoms with E-state index in [4.69, 9.17) is 4.98 Å². The lowest BCUT2D eigenvalue weighted by Crippen LogP contribution is -2.29. The summed E-state index contributed by atoms with van der Waals surface area (Å²) in [6.07, 6.45) is 4.77. The first-order valence-corrected chi connectivity index (χ1v) is 9.98. The van der Waals surface area contributed by atoms with Gasteiger partial charge >= 0.3 is 0 Å². The van der Waals surface area contributed by atoms with Crippen molar-refractivity contribution in [3.63, 3.8) is 0 Å². The first-order valence-electron chi connectivity index (χ1n) is 9.98. The number of amides is 1. The fourth-order valence-corrected chi connectivity index (χ4v) is 3.72. The number of carbonyl (C=O) groups excluding carboxylic acids is 1. The molecular formula is C23H24N4O2. The van der Waals surface area contributed by atoms with Crippen molar-refractivity contribution >= 4 is 5.91 Å². The number of benzene rings is 1. The Morgan fingerprint density at radius 3 is 2.69 bits per heavy atom. The summed E-state index contributed by atoms with van der Waals surface area (Å²) in [4.78, 5) is 36.8. The van der Waals surface area contributed by atoms with Crippen LogP contribution in [0, 0.1) is 12.8 Å². The molecule has 1 amide bonds. The van der Waals surface area contributed by atoms with E-state index >= 15 is 0 Å². The molecule has 1 aliphatic carbocycles. The Bertz CT molecular complexity index is 1060. The van der Waals surface area contributed by atoms with Crippen LogP contribution in [-0.4, -0.2) is 27.4 Å². The summed E-state index contributed by atoms with van der Waals surface area (Å²) >= 11 is 0. The van der Waals surface area contributed by atoms with Crippen LogP contribution in [0.5, 0.6) is 0 Å². The van der Waals surface area contributed by atoms with Crippen molar-refractivity contribution in [2.45, 2.75) is 32.6 Å². The van der Waals surface area contributed by atoms with E-state index in [1.165, 1.54) is 0 Å². The third kappa shape index (κ3) is 4.42. The normalized spacial score (nSPS) is 16.0. The van der Waals surface area contributed by atoms with Crippen molar-refractivity contribution in [3.05, 3.63) is 81.5 Å². The quantitative estimate of drug-likeness (QED) is 0.673. The number of pyridine rings is 1. The fraction of sp³-hybridized carbons (Fsp3) is 0.304. The molecule has 0 saturated heterocycles. The van der Waals surface area contributed by atoms with Gasteiger partial charge in [-0.05, 0) is 50.7 Å². The van der Waals surface area contributed by atoms with E-state index in [2.05, 4.69) is 15.3 Å². The zero-order valence-electron chi connectivity index (χ0n) is 16.4. The van der Waals surface area contributed by atoms with E-state index in [9.17, 15) is 9.59 Å². The standard InChI is InChI=1S/C23H24N4O2/c1-15-7-10-18(14-24-15)22(28)25-13-16-8-11-19-20(12-9-16)26-21(27-23(19)29)17-5-3-2-4-6-17/h2-7,10,14,16H,8-9,11-13H2,1H3,(H,25,28)(H,26,27,29). The van der Waals surface area contributed by atoms with Gasteiger partial charge < -0.3 is 10.3 Å². The van der Waals surface area contributed by atoms with Crippen molar-refractivity contribution in [2.24, 2.45) is 5.92 Å². The summed E-state index contributed by atoms with van der Waals surface area (Å²) in [6.45, 7) is 2.48. The van der Waals surface area contributed by atoms with Crippen LogP contribution >= 0.6 is 0 Å². The molecule has 2 N–H and O–H groups in total. The Hall–Kier alpha value is -3.28. The monoisotopic (exact) mass is 388 g/mol. The van der Waals surface area contributed by atoms with E-state index in [-0.39, 0.29) is 11.5 Å². The molecule has 1 unspecified atom stereocenters. The van der Waals surface area contributed by atoms with Gasteiger partial charge in [-0.25, -0.2) is 4.98 Å². The van der Waals surface area contributed by atoms with E-state index in [1.54, 1.807) is 12.3 Å². The molecular weight excluding hydrogens is 364 g/mol. The van der Waals surface area contributed by atoms with Gasteiger partial charge in [0.05, 0.1) is 11.3 Å². The van der Waals surface area contributed by atoms with Gasteiger partial charge in [0.25, 0.3) is 11.5 Å². The van der Waals surface area contributed by atoms with Gasteiger partial charge in [-0.1, -0.05) is 30.3 Å². The highest BCUT2D eigenvalue weighted by molar-refractivity contribution is 5.93. The first kappa shape index (κ1) is 19.1. The summed E-state index contributed by atoms with van der Waals surface area (Å²) in [6, 6.07) is 13.3. The molecule has 1 atom stereocenters. The smallest absolute Gasteiger partial charge is 0.254 e. The van der Waals surface area contributed by atoms with E-state index in [0.717, 1.165) is 41.8 Å². The van der Waals surface area contributed by atoms with Crippen LogP contribution in [0.1, 0.15) is 40.2 Å². The van der Waals surface area contributed by atoms with Gasteiger partial charge in [-0.3, -0.25) is 14.6 Å². The number of hydrogen-bond acceptors (Lipinski definition) is 4. The van der Waals surface area contributed by atoms with Gasteiger partial charge in [0, 0.05) is 29.6 Å². The Morgan fingerprint density at radius 2 is 1.93 bits per heavy atom. The highest BCUT2D eigenvalue weighted by Crippen LogP contribution is 2.23. The molecule has 1 aliphatic rings. The van der Waals surface area contributed by atoms with Gasteiger partial charge in [-0.15, -0.1) is 0 Å². The highest BCUT2D eigenvalue weighted by atomic mass is 16.1. The minimum absolute atomic E-state index is 0.0516. The van der Waals surface area contributed by atoms with Crippen molar-refractivity contribution < 1.29 is 4.79 Å². The summed E-state index contributed by atoms with van der Waals surface area (Å²) in [5.74, 6) is 0.820. The molecule has 3 aromatic rings. The molecule has 0 radical (unpaired) electrons. The zero-order valence-corrected chi connectivity index (χ0v) is 16.4. The second kappa shape index (κ2) is 8.39. The lowest BCUT2D eigenvalue weighted by Gasteiger charge is -2.14. The predicted molar refractivity (Wildman–Crippen MR) is 112 cm³/mol. The largest absolute Gasteiger partial charge is 0.352 e. The summed E-state index contributed by atoms with van der Waals surface area (Å²) in [5, 5.41) is 3.01. The van der Waals surface area contributed by atoms with Crippen LogP contribution in [0.2, 0.25) is 0 Å². The summed E-state index contributed by atoms with van der Waals surface area (Å²) < 4.78 is 0. The van der Waals surface area contributed by atoms with Crippen molar-refractivity contribution in [1.29, 1.82) is 0 Å². The lowest BCUT2D eigenvalue weighted by molar-refractivity contribution is 0.0945. The Kier molecular flexibility index (Phi) is 5.51. The molecule has 2 aromatic heterocycles. The molecule has 0 aliphatic heterocycles. The molecule has 0 bridgehead atoms. The topological polar surface area (TPSA) is 87.7 Å². The maximum absolute atomic E-state index is 12.6. The third-order valence-electron chi connectivity index (χ3n) is 5.47. The first-order chi connectivity index (χ1) is 14.1. The Balaban J connectivity index is 1.43. The van der Waals surface area contributed by atoms with E-state index in [0.29, 0.717) is 30.3 Å². The van der Waals surface area contributed by atoms with Crippen LogP contribution < -0.4 is 10.9 Å². The molecule has 6 nitrogen and oxygen atoms in total. The number of aromatic amines is 1.